The van der Waals surface area contributed by atoms with E-state index in [0.29, 0.717) is 18.2 Å². The summed E-state index contributed by atoms with van der Waals surface area (Å²) in [4.78, 5) is 8.80. The van der Waals surface area contributed by atoms with Crippen molar-refractivity contribution >= 4 is 33.4 Å². The van der Waals surface area contributed by atoms with Gasteiger partial charge in [0.2, 0.25) is 0 Å². The molecule has 4 rings (SSSR count). The van der Waals surface area contributed by atoms with Gasteiger partial charge in [-0.25, -0.2) is 9.97 Å². The SMILES string of the molecule is CC(CCCOc1cccc2ccc(N)nc12)Oc1cccc2ccc(N)nc12. The average molecular weight is 388 g/mol. The van der Waals surface area contributed by atoms with Crippen LogP contribution in [0.3, 0.4) is 0 Å². The van der Waals surface area contributed by atoms with Crippen LogP contribution in [-0.4, -0.2) is 22.7 Å². The van der Waals surface area contributed by atoms with Gasteiger partial charge in [-0.15, -0.1) is 0 Å². The molecule has 0 aliphatic heterocycles. The van der Waals surface area contributed by atoms with E-state index >= 15 is 0 Å². The van der Waals surface area contributed by atoms with Crippen molar-refractivity contribution in [2.24, 2.45) is 0 Å². The van der Waals surface area contributed by atoms with E-state index in [4.69, 9.17) is 20.9 Å². The van der Waals surface area contributed by atoms with Gasteiger partial charge in [0, 0.05) is 10.8 Å². The maximum Gasteiger partial charge on any atom is 0.146 e. The number of nitrogens with two attached hydrogens (primary N) is 2. The molecule has 2 heterocycles. The highest BCUT2D eigenvalue weighted by Gasteiger charge is 2.10. The van der Waals surface area contributed by atoms with Gasteiger partial charge in [0.1, 0.15) is 34.2 Å². The summed E-state index contributed by atoms with van der Waals surface area (Å²) in [5.74, 6) is 2.47. The molecule has 2 aromatic heterocycles. The highest BCUT2D eigenvalue weighted by Crippen LogP contribution is 2.27. The Kier molecular flexibility index (Phi) is 5.33. The van der Waals surface area contributed by atoms with E-state index in [1.54, 1.807) is 12.1 Å². The number of benzene rings is 2. The number of ether oxygens (including phenoxy) is 2. The van der Waals surface area contributed by atoms with E-state index in [9.17, 15) is 0 Å². The molecule has 0 saturated carbocycles. The summed E-state index contributed by atoms with van der Waals surface area (Å²) in [5.41, 5.74) is 13.2. The molecule has 148 valence electrons. The molecule has 4 aromatic rings. The number of nitrogens with zero attached hydrogens (tertiary/aromatic N) is 2. The second kappa shape index (κ2) is 8.22. The highest BCUT2D eigenvalue weighted by molar-refractivity contribution is 5.86. The minimum absolute atomic E-state index is 0.0220. The third kappa shape index (κ3) is 4.32. The van der Waals surface area contributed by atoms with E-state index in [0.717, 1.165) is 46.1 Å². The fourth-order valence-electron chi connectivity index (χ4n) is 3.31. The lowest BCUT2D eigenvalue weighted by atomic mass is 10.2. The number of pyridine rings is 2. The summed E-state index contributed by atoms with van der Waals surface area (Å²) >= 11 is 0. The second-order valence-electron chi connectivity index (χ2n) is 7.05. The number of aromatic nitrogens is 2. The number of nitrogen functional groups attached to an aromatic ring is 2. The minimum Gasteiger partial charge on any atom is -0.491 e. The maximum absolute atomic E-state index is 6.12. The quantitative estimate of drug-likeness (QED) is 0.450. The Morgan fingerprint density at radius 1 is 0.793 bits per heavy atom. The van der Waals surface area contributed by atoms with Crippen LogP contribution in [0.5, 0.6) is 11.5 Å². The lowest BCUT2D eigenvalue weighted by Gasteiger charge is -2.16. The van der Waals surface area contributed by atoms with Gasteiger partial charge in [-0.2, -0.15) is 0 Å². The molecule has 2 aromatic carbocycles. The van der Waals surface area contributed by atoms with Crippen LogP contribution in [0, 0.1) is 0 Å². The monoisotopic (exact) mass is 388 g/mol. The summed E-state index contributed by atoms with van der Waals surface area (Å²) < 4.78 is 12.1. The summed E-state index contributed by atoms with van der Waals surface area (Å²) in [7, 11) is 0. The number of hydrogen-bond acceptors (Lipinski definition) is 6. The fraction of sp³-hybridized carbons (Fsp3) is 0.217. The van der Waals surface area contributed by atoms with Crippen molar-refractivity contribution < 1.29 is 9.47 Å². The first-order valence-electron chi connectivity index (χ1n) is 9.70. The summed E-state index contributed by atoms with van der Waals surface area (Å²) in [6.45, 7) is 2.62. The summed E-state index contributed by atoms with van der Waals surface area (Å²) in [6.07, 6.45) is 1.72. The first-order valence-corrected chi connectivity index (χ1v) is 9.70. The Balaban J connectivity index is 1.35. The third-order valence-corrected chi connectivity index (χ3v) is 4.75. The molecule has 6 heteroatoms. The van der Waals surface area contributed by atoms with Crippen molar-refractivity contribution in [1.82, 2.24) is 9.97 Å². The number of fused-ring (bicyclic) bond motifs is 2. The number of rotatable bonds is 7. The van der Waals surface area contributed by atoms with Crippen molar-refractivity contribution in [3.63, 3.8) is 0 Å². The lowest BCUT2D eigenvalue weighted by molar-refractivity contribution is 0.196. The van der Waals surface area contributed by atoms with Crippen LogP contribution in [0.4, 0.5) is 11.6 Å². The van der Waals surface area contributed by atoms with Crippen LogP contribution in [-0.2, 0) is 0 Å². The highest BCUT2D eigenvalue weighted by atomic mass is 16.5. The maximum atomic E-state index is 6.12. The fourth-order valence-corrected chi connectivity index (χ4v) is 3.31. The molecule has 0 aliphatic carbocycles. The summed E-state index contributed by atoms with van der Waals surface area (Å²) in [5, 5.41) is 2.02. The summed E-state index contributed by atoms with van der Waals surface area (Å²) in [6, 6.07) is 19.2. The van der Waals surface area contributed by atoms with Crippen molar-refractivity contribution in [3.05, 3.63) is 60.7 Å². The first kappa shape index (κ1) is 18.8. The Morgan fingerprint density at radius 2 is 1.38 bits per heavy atom. The van der Waals surface area contributed by atoms with E-state index in [-0.39, 0.29) is 6.10 Å². The molecular formula is C23H24N4O2. The molecule has 29 heavy (non-hydrogen) atoms. The predicted molar refractivity (Wildman–Crippen MR) is 117 cm³/mol. The van der Waals surface area contributed by atoms with Crippen LogP contribution in [0.2, 0.25) is 0 Å². The second-order valence-corrected chi connectivity index (χ2v) is 7.05. The zero-order chi connectivity index (χ0) is 20.2. The van der Waals surface area contributed by atoms with Gasteiger partial charge in [0.05, 0.1) is 12.7 Å². The van der Waals surface area contributed by atoms with E-state index in [1.807, 2.05) is 55.5 Å². The van der Waals surface area contributed by atoms with E-state index < -0.39 is 0 Å². The number of para-hydroxylation sites is 2. The van der Waals surface area contributed by atoms with Gasteiger partial charge in [0.15, 0.2) is 0 Å². The van der Waals surface area contributed by atoms with Crippen LogP contribution >= 0.6 is 0 Å². The molecule has 0 spiro atoms. The van der Waals surface area contributed by atoms with Crippen LogP contribution in [0.25, 0.3) is 21.8 Å². The zero-order valence-electron chi connectivity index (χ0n) is 16.3. The normalized spacial score (nSPS) is 12.2. The standard InChI is InChI=1S/C23H24N4O2/c1-15(29-19-9-3-7-17-11-13-21(25)27-23(17)19)5-4-14-28-18-8-2-6-16-10-12-20(24)26-22(16)18/h2-3,6-13,15H,4-5,14H2,1H3,(H2,24,26)(H2,25,27). The molecule has 6 nitrogen and oxygen atoms in total. The molecule has 0 bridgehead atoms. The molecule has 4 N–H and O–H groups in total. The van der Waals surface area contributed by atoms with Crippen LogP contribution in [0.15, 0.2) is 60.7 Å². The van der Waals surface area contributed by atoms with Crippen molar-refractivity contribution in [2.75, 3.05) is 18.1 Å². The zero-order valence-corrected chi connectivity index (χ0v) is 16.3. The van der Waals surface area contributed by atoms with Gasteiger partial charge in [-0.3, -0.25) is 0 Å². The molecular weight excluding hydrogens is 364 g/mol. The number of anilines is 2. The van der Waals surface area contributed by atoms with Gasteiger partial charge >= 0.3 is 0 Å². The molecule has 0 amide bonds. The van der Waals surface area contributed by atoms with E-state index in [1.165, 1.54) is 0 Å². The van der Waals surface area contributed by atoms with Crippen molar-refractivity contribution in [2.45, 2.75) is 25.9 Å². The molecule has 1 unspecified atom stereocenters. The Labute approximate surface area is 169 Å². The predicted octanol–water partition coefficient (Wildman–Crippen LogP) is 4.57. The van der Waals surface area contributed by atoms with E-state index in [2.05, 4.69) is 9.97 Å². The lowest BCUT2D eigenvalue weighted by Crippen LogP contribution is -2.14. The van der Waals surface area contributed by atoms with Gasteiger partial charge < -0.3 is 20.9 Å². The molecule has 0 radical (unpaired) electrons. The largest absolute Gasteiger partial charge is 0.491 e. The van der Waals surface area contributed by atoms with Crippen molar-refractivity contribution in [3.8, 4) is 11.5 Å². The Morgan fingerprint density at radius 3 is 2.03 bits per heavy atom. The first-order chi connectivity index (χ1) is 14.1. The van der Waals surface area contributed by atoms with Crippen LogP contribution in [0.1, 0.15) is 19.8 Å². The Bertz CT molecular complexity index is 1150. The van der Waals surface area contributed by atoms with Gasteiger partial charge in [0.25, 0.3) is 0 Å². The smallest absolute Gasteiger partial charge is 0.146 e. The molecule has 0 aliphatic rings. The molecule has 0 saturated heterocycles. The van der Waals surface area contributed by atoms with Crippen molar-refractivity contribution in [1.29, 1.82) is 0 Å². The molecule has 1 atom stereocenters. The topological polar surface area (TPSA) is 96.3 Å². The number of hydrogen-bond donors (Lipinski definition) is 2. The average Bonchev–Trinajstić information content (AvgIpc) is 2.72. The minimum atomic E-state index is 0.0220. The Hall–Kier alpha value is -3.54. The van der Waals surface area contributed by atoms with Gasteiger partial charge in [-0.05, 0) is 56.2 Å². The third-order valence-electron chi connectivity index (χ3n) is 4.75. The van der Waals surface area contributed by atoms with Gasteiger partial charge in [-0.1, -0.05) is 24.3 Å². The van der Waals surface area contributed by atoms with Crippen LogP contribution < -0.4 is 20.9 Å². The molecule has 0 fully saturated rings.